The summed E-state index contributed by atoms with van der Waals surface area (Å²) >= 11 is 0. The van der Waals surface area contributed by atoms with Crippen molar-refractivity contribution < 1.29 is 0 Å². The predicted molar refractivity (Wildman–Crippen MR) is 103 cm³/mol. The summed E-state index contributed by atoms with van der Waals surface area (Å²) in [5, 5.41) is 9.25. The van der Waals surface area contributed by atoms with Crippen LogP contribution in [-0.2, 0) is 13.1 Å². The fraction of sp³-hybridized carbons (Fsp3) is 0.429. The Hall–Kier alpha value is -2.58. The molecular formula is C21H25N5. The first-order valence-corrected chi connectivity index (χ1v) is 9.44. The number of nitrogens with one attached hydrogen (secondary N) is 1. The summed E-state index contributed by atoms with van der Waals surface area (Å²) in [7, 11) is 0. The molecule has 1 aromatic carbocycles. The number of nitrogens with zero attached hydrogens (tertiary/aromatic N) is 4. The van der Waals surface area contributed by atoms with Crippen LogP contribution in [-0.4, -0.2) is 32.5 Å². The molecule has 0 unspecified atom stereocenters. The fourth-order valence-corrected chi connectivity index (χ4v) is 4.08. The number of hydrogen-bond donors (Lipinski definition) is 1. The normalized spacial score (nSPS) is 18.3. The highest BCUT2D eigenvalue weighted by molar-refractivity contribution is 5.78. The molecule has 1 N–H and O–H groups in total. The monoisotopic (exact) mass is 347 g/mol. The number of rotatable bonds is 4. The Balaban J connectivity index is 1.51. The van der Waals surface area contributed by atoms with Gasteiger partial charge in [-0.25, -0.2) is 4.98 Å². The number of aryl methyl sites for hydroxylation is 2. The fourth-order valence-electron chi connectivity index (χ4n) is 4.08. The minimum absolute atomic E-state index is 0.444. The number of imidazole rings is 1. The first-order valence-electron chi connectivity index (χ1n) is 9.44. The Kier molecular flexibility index (Phi) is 4.52. The van der Waals surface area contributed by atoms with Crippen LogP contribution < -0.4 is 0 Å². The van der Waals surface area contributed by atoms with E-state index in [9.17, 15) is 5.26 Å². The zero-order valence-electron chi connectivity index (χ0n) is 15.5. The average molecular weight is 347 g/mol. The largest absolute Gasteiger partial charge is 0.342 e. The van der Waals surface area contributed by atoms with Gasteiger partial charge >= 0.3 is 0 Å². The number of benzene rings is 1. The Morgan fingerprint density at radius 2 is 2.27 bits per heavy atom. The third-order valence-electron chi connectivity index (χ3n) is 5.44. The molecule has 3 heterocycles. The summed E-state index contributed by atoms with van der Waals surface area (Å²) < 4.78 is 2.03. The van der Waals surface area contributed by atoms with Crippen molar-refractivity contribution in [1.29, 1.82) is 5.26 Å². The zero-order valence-corrected chi connectivity index (χ0v) is 15.5. The van der Waals surface area contributed by atoms with Crippen LogP contribution >= 0.6 is 0 Å². The predicted octanol–water partition coefficient (Wildman–Crippen LogP) is 3.94. The van der Waals surface area contributed by atoms with Gasteiger partial charge in [0.15, 0.2) is 0 Å². The first-order chi connectivity index (χ1) is 12.7. The Morgan fingerprint density at radius 3 is 3.00 bits per heavy atom. The van der Waals surface area contributed by atoms with Crippen LogP contribution in [0, 0.1) is 18.3 Å². The van der Waals surface area contributed by atoms with Gasteiger partial charge in [0, 0.05) is 31.7 Å². The molecule has 1 atom stereocenters. The van der Waals surface area contributed by atoms with Gasteiger partial charge in [0.25, 0.3) is 0 Å². The van der Waals surface area contributed by atoms with Gasteiger partial charge < -0.3 is 9.55 Å². The SMILES string of the molecule is CCn1cc(CN2CCC[C@@H](c3nc4c(C)cccc4[nH]3)C2)cc1C#N. The van der Waals surface area contributed by atoms with Gasteiger partial charge in [-0.3, -0.25) is 4.90 Å². The molecule has 4 rings (SSSR count). The van der Waals surface area contributed by atoms with Crippen LogP contribution in [0.25, 0.3) is 11.0 Å². The molecule has 0 bridgehead atoms. The molecule has 1 fully saturated rings. The second kappa shape index (κ2) is 6.97. The lowest BCUT2D eigenvalue weighted by atomic mass is 9.97. The Morgan fingerprint density at radius 1 is 1.38 bits per heavy atom. The lowest BCUT2D eigenvalue weighted by Crippen LogP contribution is -2.34. The Labute approximate surface area is 154 Å². The maximum Gasteiger partial charge on any atom is 0.120 e. The number of hydrogen-bond acceptors (Lipinski definition) is 3. The van der Waals surface area contributed by atoms with Crippen LogP contribution in [0.5, 0.6) is 0 Å². The molecule has 1 saturated heterocycles. The lowest BCUT2D eigenvalue weighted by molar-refractivity contribution is 0.197. The number of likely N-dealkylation sites (tertiary alicyclic amines) is 1. The standard InChI is InChI=1S/C21H25N5/c1-3-26-13-16(10-18(26)11-22)12-25-9-5-7-17(14-25)21-23-19-8-4-6-15(2)20(19)24-21/h4,6,8,10,13,17H,3,5,7,9,12,14H2,1-2H3,(H,23,24)/t17-/m1/s1. The van der Waals surface area contributed by atoms with E-state index in [2.05, 4.69) is 54.2 Å². The van der Waals surface area contributed by atoms with Crippen molar-refractivity contribution in [2.75, 3.05) is 13.1 Å². The number of aromatic nitrogens is 3. The molecule has 26 heavy (non-hydrogen) atoms. The number of piperidine rings is 1. The highest BCUT2D eigenvalue weighted by Gasteiger charge is 2.24. The molecule has 134 valence electrons. The highest BCUT2D eigenvalue weighted by Crippen LogP contribution is 2.28. The van der Waals surface area contributed by atoms with Gasteiger partial charge in [0.2, 0.25) is 0 Å². The van der Waals surface area contributed by atoms with Gasteiger partial charge in [-0.05, 0) is 56.5 Å². The van der Waals surface area contributed by atoms with Gasteiger partial charge in [-0.1, -0.05) is 12.1 Å². The van der Waals surface area contributed by atoms with Crippen LogP contribution in [0.3, 0.4) is 0 Å². The second-order valence-corrected chi connectivity index (χ2v) is 7.30. The molecule has 2 aromatic heterocycles. The summed E-state index contributed by atoms with van der Waals surface area (Å²) in [6, 6.07) is 10.6. The second-order valence-electron chi connectivity index (χ2n) is 7.30. The summed E-state index contributed by atoms with van der Waals surface area (Å²) in [5.41, 5.74) is 5.44. The molecule has 0 spiro atoms. The molecule has 0 aliphatic carbocycles. The van der Waals surface area contributed by atoms with Crippen molar-refractivity contribution in [2.24, 2.45) is 0 Å². The quantitative estimate of drug-likeness (QED) is 0.777. The van der Waals surface area contributed by atoms with Crippen molar-refractivity contribution in [2.45, 2.75) is 45.7 Å². The number of fused-ring (bicyclic) bond motifs is 1. The topological polar surface area (TPSA) is 60.6 Å². The van der Waals surface area contributed by atoms with E-state index in [-0.39, 0.29) is 0 Å². The van der Waals surface area contributed by atoms with Crippen LogP contribution in [0.2, 0.25) is 0 Å². The molecule has 0 saturated carbocycles. The van der Waals surface area contributed by atoms with Crippen LogP contribution in [0.15, 0.2) is 30.5 Å². The van der Waals surface area contributed by atoms with Crippen molar-refractivity contribution in [3.05, 3.63) is 53.1 Å². The van der Waals surface area contributed by atoms with E-state index in [0.29, 0.717) is 5.92 Å². The van der Waals surface area contributed by atoms with Gasteiger partial charge in [0.1, 0.15) is 17.6 Å². The molecule has 3 aromatic rings. The van der Waals surface area contributed by atoms with Crippen LogP contribution in [0.4, 0.5) is 0 Å². The van der Waals surface area contributed by atoms with Gasteiger partial charge in [-0.15, -0.1) is 0 Å². The van der Waals surface area contributed by atoms with Crippen molar-refractivity contribution >= 4 is 11.0 Å². The third-order valence-corrected chi connectivity index (χ3v) is 5.44. The highest BCUT2D eigenvalue weighted by atomic mass is 15.1. The average Bonchev–Trinajstić information content (AvgIpc) is 3.26. The molecule has 5 nitrogen and oxygen atoms in total. The van der Waals surface area contributed by atoms with Gasteiger partial charge in [0.05, 0.1) is 11.0 Å². The number of para-hydroxylation sites is 1. The summed E-state index contributed by atoms with van der Waals surface area (Å²) in [5.74, 6) is 1.56. The summed E-state index contributed by atoms with van der Waals surface area (Å²) in [6.07, 6.45) is 4.47. The molecule has 0 amide bonds. The Bertz CT molecular complexity index is 959. The van der Waals surface area contributed by atoms with E-state index in [4.69, 9.17) is 4.98 Å². The maximum absolute atomic E-state index is 9.25. The van der Waals surface area contributed by atoms with E-state index < -0.39 is 0 Å². The van der Waals surface area contributed by atoms with E-state index in [0.717, 1.165) is 48.7 Å². The smallest absolute Gasteiger partial charge is 0.120 e. The lowest BCUT2D eigenvalue weighted by Gasteiger charge is -2.31. The van der Waals surface area contributed by atoms with E-state index in [1.165, 1.54) is 24.0 Å². The van der Waals surface area contributed by atoms with E-state index in [1.54, 1.807) is 0 Å². The number of aromatic amines is 1. The van der Waals surface area contributed by atoms with E-state index >= 15 is 0 Å². The minimum atomic E-state index is 0.444. The third kappa shape index (κ3) is 3.13. The molecular weight excluding hydrogens is 322 g/mol. The minimum Gasteiger partial charge on any atom is -0.342 e. The summed E-state index contributed by atoms with van der Waals surface area (Å²) in [4.78, 5) is 10.9. The maximum atomic E-state index is 9.25. The summed E-state index contributed by atoms with van der Waals surface area (Å²) in [6.45, 7) is 8.05. The first kappa shape index (κ1) is 16.9. The van der Waals surface area contributed by atoms with Gasteiger partial charge in [-0.2, -0.15) is 5.26 Å². The van der Waals surface area contributed by atoms with Crippen LogP contribution in [0.1, 0.15) is 48.3 Å². The number of nitriles is 1. The molecule has 5 heteroatoms. The van der Waals surface area contributed by atoms with E-state index in [1.807, 2.05) is 10.6 Å². The van der Waals surface area contributed by atoms with Crippen molar-refractivity contribution in [3.63, 3.8) is 0 Å². The molecule has 1 aliphatic rings. The molecule has 0 radical (unpaired) electrons. The molecule has 1 aliphatic heterocycles. The number of H-pyrrole nitrogens is 1. The van der Waals surface area contributed by atoms with Crippen molar-refractivity contribution in [1.82, 2.24) is 19.4 Å². The van der Waals surface area contributed by atoms with Crippen molar-refractivity contribution in [3.8, 4) is 6.07 Å². The zero-order chi connectivity index (χ0) is 18.1.